The molecule has 1 heterocycles. The molecule has 4 heteroatoms. The Morgan fingerprint density at radius 1 is 1.29 bits per heavy atom. The predicted molar refractivity (Wildman–Crippen MR) is 97.4 cm³/mol. The van der Waals surface area contributed by atoms with Crippen molar-refractivity contribution in [3.8, 4) is 0 Å². The molecule has 1 unspecified atom stereocenters. The molecule has 0 aliphatic heterocycles. The summed E-state index contributed by atoms with van der Waals surface area (Å²) in [4.78, 5) is 12.8. The van der Waals surface area contributed by atoms with Crippen molar-refractivity contribution in [3.63, 3.8) is 0 Å². The summed E-state index contributed by atoms with van der Waals surface area (Å²) in [6.45, 7) is 7.92. The molecular formula is C20H24FNO2. The number of aryl methyl sites for hydroxylation is 1. The molecule has 1 aromatic heterocycles. The number of methoxy groups -OCH3 is 1. The molecule has 0 saturated carbocycles. The summed E-state index contributed by atoms with van der Waals surface area (Å²) in [6, 6.07) is 6.51. The van der Waals surface area contributed by atoms with Crippen LogP contribution in [0, 0.1) is 18.7 Å². The van der Waals surface area contributed by atoms with E-state index in [-0.39, 0.29) is 10.9 Å². The van der Waals surface area contributed by atoms with Crippen LogP contribution in [-0.4, -0.2) is 11.7 Å². The Labute approximate surface area is 142 Å². The Balaban J connectivity index is 0.00000100. The summed E-state index contributed by atoms with van der Waals surface area (Å²) in [7, 11) is 1.58. The number of nitrogens with zero attached hydrogens (tertiary/aromatic N) is 1. The van der Waals surface area contributed by atoms with Gasteiger partial charge in [-0.3, -0.25) is 9.36 Å². The van der Waals surface area contributed by atoms with Crippen LogP contribution in [0.3, 0.4) is 0 Å². The molecule has 0 amide bonds. The lowest BCUT2D eigenvalue weighted by atomic mass is 9.99. The number of allylic oxidation sites excluding steroid dienone is 3. The summed E-state index contributed by atoms with van der Waals surface area (Å²) in [5.41, 5.74) is 1.09. The van der Waals surface area contributed by atoms with Crippen molar-refractivity contribution in [3.05, 3.63) is 64.0 Å². The molecule has 2 aromatic rings. The number of ether oxygens (including phenoxy) is 1. The van der Waals surface area contributed by atoms with Gasteiger partial charge in [-0.2, -0.15) is 0 Å². The van der Waals surface area contributed by atoms with E-state index in [2.05, 4.69) is 6.92 Å². The molecular weight excluding hydrogens is 305 g/mol. The first kappa shape index (κ1) is 18.0. The number of hydrogen-bond acceptors (Lipinski definition) is 2. The number of benzene rings is 1. The van der Waals surface area contributed by atoms with E-state index < -0.39 is 5.82 Å². The van der Waals surface area contributed by atoms with Gasteiger partial charge in [0.25, 0.3) is 5.56 Å². The second kappa shape index (κ2) is 7.47. The molecule has 0 bridgehead atoms. The van der Waals surface area contributed by atoms with Gasteiger partial charge in [0.1, 0.15) is 11.6 Å². The third kappa shape index (κ3) is 3.14. The Bertz CT molecular complexity index is 862. The molecule has 0 saturated heterocycles. The van der Waals surface area contributed by atoms with Gasteiger partial charge in [0, 0.05) is 5.69 Å². The number of aromatic nitrogens is 1. The molecule has 3 nitrogen and oxygen atoms in total. The third-order valence-electron chi connectivity index (χ3n) is 4.01. The third-order valence-corrected chi connectivity index (χ3v) is 4.01. The minimum Gasteiger partial charge on any atom is -0.495 e. The van der Waals surface area contributed by atoms with Gasteiger partial charge < -0.3 is 4.74 Å². The second-order valence-corrected chi connectivity index (χ2v) is 5.67. The van der Waals surface area contributed by atoms with Gasteiger partial charge >= 0.3 is 0 Å². The van der Waals surface area contributed by atoms with Crippen molar-refractivity contribution in [2.24, 2.45) is 5.92 Å². The molecule has 1 aromatic carbocycles. The number of halogens is 1. The molecule has 1 aliphatic carbocycles. The van der Waals surface area contributed by atoms with E-state index in [1.165, 1.54) is 10.6 Å². The quantitative estimate of drug-likeness (QED) is 0.786. The van der Waals surface area contributed by atoms with Crippen molar-refractivity contribution in [1.29, 1.82) is 0 Å². The normalized spacial score (nSPS) is 16.8. The maximum Gasteiger partial charge on any atom is 0.266 e. The lowest BCUT2D eigenvalue weighted by molar-refractivity contribution is 0.302. The van der Waals surface area contributed by atoms with Crippen LogP contribution < -0.4 is 5.56 Å². The Morgan fingerprint density at radius 2 is 2.00 bits per heavy atom. The van der Waals surface area contributed by atoms with Crippen LogP contribution in [-0.2, 0) is 4.74 Å². The Kier molecular flexibility index (Phi) is 5.60. The van der Waals surface area contributed by atoms with Crippen LogP contribution in [0.25, 0.3) is 16.5 Å². The Morgan fingerprint density at radius 3 is 2.67 bits per heavy atom. The van der Waals surface area contributed by atoms with E-state index in [0.717, 1.165) is 12.1 Å². The standard InChI is InChI=1S/C18H18FNO2.C2H6/c1-11-7-8-16(22-3)15(9-11)20-12(2)10-13-5-4-6-14(19)17(13)18(20)21;1-2/h4-6,8-11H,7H2,1-3H3;1-2H3. The number of hydrogen-bond donors (Lipinski definition) is 0. The van der Waals surface area contributed by atoms with Crippen LogP contribution in [0.2, 0.25) is 0 Å². The average molecular weight is 329 g/mol. The van der Waals surface area contributed by atoms with Gasteiger partial charge in [0.05, 0.1) is 18.2 Å². The minimum absolute atomic E-state index is 0.114. The fourth-order valence-electron chi connectivity index (χ4n) is 2.94. The molecule has 3 rings (SSSR count). The monoisotopic (exact) mass is 329 g/mol. The van der Waals surface area contributed by atoms with E-state index in [1.54, 1.807) is 19.2 Å². The summed E-state index contributed by atoms with van der Waals surface area (Å²) in [6.07, 6.45) is 4.83. The lowest BCUT2D eigenvalue weighted by Crippen LogP contribution is -2.25. The molecule has 0 fully saturated rings. The van der Waals surface area contributed by atoms with Gasteiger partial charge in [-0.15, -0.1) is 0 Å². The van der Waals surface area contributed by atoms with Crippen molar-refractivity contribution >= 4 is 16.5 Å². The molecule has 1 aliphatic rings. The lowest BCUT2D eigenvalue weighted by Gasteiger charge is -2.22. The van der Waals surface area contributed by atoms with E-state index in [4.69, 9.17) is 4.74 Å². The number of pyridine rings is 1. The smallest absolute Gasteiger partial charge is 0.266 e. The van der Waals surface area contributed by atoms with Gasteiger partial charge in [0.2, 0.25) is 0 Å². The first-order chi connectivity index (χ1) is 11.5. The second-order valence-electron chi connectivity index (χ2n) is 5.67. The first-order valence-corrected chi connectivity index (χ1v) is 8.30. The van der Waals surface area contributed by atoms with E-state index in [9.17, 15) is 9.18 Å². The zero-order valence-electron chi connectivity index (χ0n) is 14.9. The maximum absolute atomic E-state index is 14.1. The van der Waals surface area contributed by atoms with Crippen LogP contribution >= 0.6 is 0 Å². The number of rotatable bonds is 2. The number of fused-ring (bicyclic) bond motifs is 1. The van der Waals surface area contributed by atoms with Gasteiger partial charge in [0.15, 0.2) is 0 Å². The molecule has 1 atom stereocenters. The van der Waals surface area contributed by atoms with Crippen molar-refractivity contribution in [2.75, 3.05) is 7.11 Å². The zero-order chi connectivity index (χ0) is 17.9. The summed E-state index contributed by atoms with van der Waals surface area (Å²) in [5.74, 6) is 0.458. The summed E-state index contributed by atoms with van der Waals surface area (Å²) >= 11 is 0. The topological polar surface area (TPSA) is 31.2 Å². The van der Waals surface area contributed by atoms with Crippen molar-refractivity contribution in [2.45, 2.75) is 34.1 Å². The highest BCUT2D eigenvalue weighted by Gasteiger charge is 2.20. The van der Waals surface area contributed by atoms with E-state index in [0.29, 0.717) is 22.8 Å². The van der Waals surface area contributed by atoms with Crippen LogP contribution in [0.4, 0.5) is 4.39 Å². The minimum atomic E-state index is -0.497. The fourth-order valence-corrected chi connectivity index (χ4v) is 2.94. The fraction of sp³-hybridized carbons (Fsp3) is 0.350. The molecule has 0 N–H and O–H groups in total. The Hall–Kier alpha value is -2.36. The molecule has 0 radical (unpaired) electrons. The average Bonchev–Trinajstić information content (AvgIpc) is 2.56. The highest BCUT2D eigenvalue weighted by Crippen LogP contribution is 2.28. The molecule has 24 heavy (non-hydrogen) atoms. The van der Waals surface area contributed by atoms with E-state index >= 15 is 0 Å². The first-order valence-electron chi connectivity index (χ1n) is 8.30. The van der Waals surface area contributed by atoms with Gasteiger partial charge in [-0.05, 0) is 42.9 Å². The van der Waals surface area contributed by atoms with Crippen LogP contribution in [0.1, 0.15) is 32.9 Å². The molecule has 0 spiro atoms. The largest absolute Gasteiger partial charge is 0.495 e. The summed E-state index contributed by atoms with van der Waals surface area (Å²) < 4.78 is 21.0. The molecule has 128 valence electrons. The summed E-state index contributed by atoms with van der Waals surface area (Å²) in [5, 5.41) is 0.730. The predicted octanol–water partition coefficient (Wildman–Crippen LogP) is 4.89. The van der Waals surface area contributed by atoms with Gasteiger partial charge in [-0.1, -0.05) is 39.0 Å². The SMILES string of the molecule is CC.COC1=CCC(C)C=C1n1c(C)cc2cccc(F)c2c1=O. The highest BCUT2D eigenvalue weighted by atomic mass is 19.1. The van der Waals surface area contributed by atoms with Crippen molar-refractivity contribution < 1.29 is 9.13 Å². The highest BCUT2D eigenvalue weighted by molar-refractivity contribution is 5.84. The van der Waals surface area contributed by atoms with Gasteiger partial charge in [-0.25, -0.2) is 4.39 Å². The van der Waals surface area contributed by atoms with E-state index in [1.807, 2.05) is 39.0 Å². The maximum atomic E-state index is 14.1. The van der Waals surface area contributed by atoms with Crippen molar-refractivity contribution in [1.82, 2.24) is 4.57 Å². The van der Waals surface area contributed by atoms with Crippen LogP contribution in [0.15, 0.2) is 47.0 Å². The zero-order valence-corrected chi connectivity index (χ0v) is 14.9. The van der Waals surface area contributed by atoms with Crippen LogP contribution in [0.5, 0.6) is 0 Å².